The van der Waals surface area contributed by atoms with Crippen LogP contribution in [0.3, 0.4) is 0 Å². The SMILES string of the molecule is CCCCC1CN(Cc2ncco2)c2cc(SC)c(O/C=C(\F)C(=O)O)cc2S(=O)(=O)N1C. The largest absolute Gasteiger partial charge is 0.476 e. The number of likely N-dealkylation sites (N-methyl/N-ethyl adjacent to an activating group) is 1. The van der Waals surface area contributed by atoms with Gasteiger partial charge in [0.1, 0.15) is 23.2 Å². The second-order valence-corrected chi connectivity index (χ2v) is 10.3. The van der Waals surface area contributed by atoms with Crippen LogP contribution in [-0.4, -0.2) is 54.7 Å². The number of nitrogens with zero attached hydrogens (tertiary/aromatic N) is 3. The maximum atomic E-state index is 13.6. The van der Waals surface area contributed by atoms with Crippen LogP contribution in [0.25, 0.3) is 0 Å². The molecule has 1 atom stereocenters. The highest BCUT2D eigenvalue weighted by Gasteiger charge is 2.37. The number of hydrogen-bond donors (Lipinski definition) is 1. The van der Waals surface area contributed by atoms with E-state index in [9.17, 15) is 17.6 Å². The summed E-state index contributed by atoms with van der Waals surface area (Å²) in [5, 5.41) is 8.74. The van der Waals surface area contributed by atoms with Gasteiger partial charge in [-0.2, -0.15) is 8.70 Å². The van der Waals surface area contributed by atoms with Gasteiger partial charge in [-0.15, -0.1) is 11.8 Å². The molecule has 0 saturated heterocycles. The lowest BCUT2D eigenvalue weighted by Crippen LogP contribution is -2.41. The maximum Gasteiger partial charge on any atom is 0.368 e. The van der Waals surface area contributed by atoms with E-state index in [4.69, 9.17) is 14.3 Å². The minimum absolute atomic E-state index is 0.0208. The third-order valence-electron chi connectivity index (χ3n) is 5.38. The molecule has 0 amide bonds. The standard InChI is InChI=1S/C21H26FN3O6S2/c1-4-5-6-14-11-25(12-20-23-7-8-30-20)16-9-18(32-3)17(31-13-15(22)21(26)27)10-19(16)33(28,29)24(14)2/h7-10,13-14H,4-6,11-12H2,1-3H3,(H,26,27)/b15-13-. The van der Waals surface area contributed by atoms with Gasteiger partial charge in [0.2, 0.25) is 21.7 Å². The molecule has 0 bridgehead atoms. The number of ether oxygens (including phenoxy) is 1. The van der Waals surface area contributed by atoms with Gasteiger partial charge in [0.25, 0.3) is 0 Å². The molecule has 2 heterocycles. The van der Waals surface area contributed by atoms with Gasteiger partial charge in [-0.1, -0.05) is 19.8 Å². The lowest BCUT2D eigenvalue weighted by molar-refractivity contribution is -0.134. The Labute approximate surface area is 196 Å². The number of unbranched alkanes of at least 4 members (excludes halogenated alkanes) is 1. The first-order valence-corrected chi connectivity index (χ1v) is 12.9. The Kier molecular flexibility index (Phi) is 8.03. The van der Waals surface area contributed by atoms with E-state index in [2.05, 4.69) is 4.98 Å². The molecule has 1 aromatic heterocycles. The number of fused-ring (bicyclic) bond motifs is 1. The van der Waals surface area contributed by atoms with Crippen LogP contribution >= 0.6 is 11.8 Å². The zero-order valence-corrected chi connectivity index (χ0v) is 20.2. The first-order chi connectivity index (χ1) is 15.7. The molecule has 9 nitrogen and oxygen atoms in total. The van der Waals surface area contributed by atoms with Gasteiger partial charge in [0, 0.05) is 25.7 Å². The van der Waals surface area contributed by atoms with Crippen molar-refractivity contribution in [2.75, 3.05) is 24.7 Å². The van der Waals surface area contributed by atoms with Crippen molar-refractivity contribution in [1.82, 2.24) is 9.29 Å². The molecule has 0 aliphatic carbocycles. The summed E-state index contributed by atoms with van der Waals surface area (Å²) in [6.45, 7) is 2.73. The number of oxazole rings is 1. The molecule has 0 radical (unpaired) electrons. The van der Waals surface area contributed by atoms with Crippen LogP contribution in [0.1, 0.15) is 32.1 Å². The van der Waals surface area contributed by atoms with E-state index in [-0.39, 0.29) is 23.2 Å². The fraction of sp³-hybridized carbons (Fsp3) is 0.429. The number of aliphatic carboxylic acids is 1. The summed E-state index contributed by atoms with van der Waals surface area (Å²) < 4.78 is 52.6. The van der Waals surface area contributed by atoms with Gasteiger partial charge in [0.05, 0.1) is 23.3 Å². The van der Waals surface area contributed by atoms with E-state index in [1.54, 1.807) is 19.4 Å². The van der Waals surface area contributed by atoms with E-state index < -0.39 is 21.8 Å². The highest BCUT2D eigenvalue weighted by Crippen LogP contribution is 2.41. The number of carboxylic acids is 1. The molecule has 0 saturated carbocycles. The highest BCUT2D eigenvalue weighted by atomic mass is 32.2. The fourth-order valence-corrected chi connectivity index (χ4v) is 5.70. The Morgan fingerprint density at radius 3 is 2.82 bits per heavy atom. The highest BCUT2D eigenvalue weighted by molar-refractivity contribution is 7.98. The predicted octanol–water partition coefficient (Wildman–Crippen LogP) is 3.87. The third-order valence-corrected chi connectivity index (χ3v) is 8.08. The molecule has 12 heteroatoms. The fourth-order valence-electron chi connectivity index (χ4n) is 3.58. The minimum Gasteiger partial charge on any atom is -0.476 e. The Balaban J connectivity index is 2.14. The number of halogens is 1. The smallest absolute Gasteiger partial charge is 0.368 e. The number of hydrogen-bond acceptors (Lipinski definition) is 8. The van der Waals surface area contributed by atoms with E-state index >= 15 is 0 Å². The van der Waals surface area contributed by atoms with E-state index in [1.165, 1.54) is 34.6 Å². The summed E-state index contributed by atoms with van der Waals surface area (Å²) in [5.74, 6) is -2.80. The number of anilines is 1. The lowest BCUT2D eigenvalue weighted by atomic mass is 10.1. The van der Waals surface area contributed by atoms with Gasteiger partial charge in [-0.25, -0.2) is 18.2 Å². The first kappa shape index (κ1) is 25.1. The van der Waals surface area contributed by atoms with Crippen molar-refractivity contribution in [2.24, 2.45) is 0 Å². The van der Waals surface area contributed by atoms with Crippen molar-refractivity contribution in [1.29, 1.82) is 0 Å². The number of carbonyl (C=O) groups is 1. The van der Waals surface area contributed by atoms with Gasteiger partial charge < -0.3 is 19.2 Å². The van der Waals surface area contributed by atoms with Crippen molar-refractivity contribution in [3.05, 3.63) is 42.6 Å². The summed E-state index contributed by atoms with van der Waals surface area (Å²) in [6, 6.07) is 2.67. The van der Waals surface area contributed by atoms with Crippen LogP contribution in [0.4, 0.5) is 10.1 Å². The van der Waals surface area contributed by atoms with Gasteiger partial charge >= 0.3 is 5.97 Å². The molecule has 0 spiro atoms. The predicted molar refractivity (Wildman–Crippen MR) is 121 cm³/mol. The normalized spacial score (nSPS) is 18.6. The summed E-state index contributed by atoms with van der Waals surface area (Å²) in [7, 11) is -2.39. The van der Waals surface area contributed by atoms with Crippen molar-refractivity contribution in [3.63, 3.8) is 0 Å². The number of thioether (sulfide) groups is 1. The molecule has 0 fully saturated rings. The molecule has 1 aliphatic rings. The quantitative estimate of drug-likeness (QED) is 0.312. The monoisotopic (exact) mass is 499 g/mol. The number of aromatic nitrogens is 1. The van der Waals surface area contributed by atoms with Crippen molar-refractivity contribution >= 4 is 33.4 Å². The average Bonchev–Trinajstić information content (AvgIpc) is 3.29. The van der Waals surface area contributed by atoms with Gasteiger partial charge in [0.15, 0.2) is 0 Å². The molecule has 2 aromatic rings. The van der Waals surface area contributed by atoms with E-state index in [0.29, 0.717) is 35.7 Å². The van der Waals surface area contributed by atoms with Crippen LogP contribution in [-0.2, 0) is 21.4 Å². The molecular weight excluding hydrogens is 473 g/mol. The zero-order valence-electron chi connectivity index (χ0n) is 18.5. The minimum atomic E-state index is -3.93. The zero-order chi connectivity index (χ0) is 24.2. The number of rotatable bonds is 9. The molecule has 1 aromatic carbocycles. The van der Waals surface area contributed by atoms with Crippen LogP contribution in [0, 0.1) is 0 Å². The average molecular weight is 500 g/mol. The van der Waals surface area contributed by atoms with E-state index in [0.717, 1.165) is 12.8 Å². The number of carboxylic acid groups (broad SMARTS) is 1. The van der Waals surface area contributed by atoms with Crippen LogP contribution < -0.4 is 9.64 Å². The molecule has 180 valence electrons. The summed E-state index contributed by atoms with van der Waals surface area (Å²) in [4.78, 5) is 17.3. The van der Waals surface area contributed by atoms with E-state index in [1.807, 2.05) is 11.8 Å². The first-order valence-electron chi connectivity index (χ1n) is 10.3. The van der Waals surface area contributed by atoms with Crippen LogP contribution in [0.15, 0.2) is 50.9 Å². The Morgan fingerprint density at radius 1 is 1.45 bits per heavy atom. The third kappa shape index (κ3) is 5.50. The van der Waals surface area contributed by atoms with Crippen molar-refractivity contribution in [2.45, 2.75) is 48.6 Å². The second-order valence-electron chi connectivity index (χ2n) is 7.48. The molecule has 3 rings (SSSR count). The second kappa shape index (κ2) is 10.6. The number of sulfonamides is 1. The van der Waals surface area contributed by atoms with Crippen molar-refractivity contribution < 1.29 is 31.9 Å². The Hall–Kier alpha value is -2.57. The summed E-state index contributed by atoms with van der Waals surface area (Å²) in [6.07, 6.45) is 7.65. The summed E-state index contributed by atoms with van der Waals surface area (Å²) in [5.41, 5.74) is 0.443. The molecular formula is C21H26FN3O6S2. The Bertz CT molecular complexity index is 1120. The molecule has 1 unspecified atom stereocenters. The molecule has 33 heavy (non-hydrogen) atoms. The van der Waals surface area contributed by atoms with Crippen LogP contribution in [0.5, 0.6) is 5.75 Å². The van der Waals surface area contributed by atoms with Crippen molar-refractivity contribution in [3.8, 4) is 5.75 Å². The maximum absolute atomic E-state index is 13.6. The van der Waals surface area contributed by atoms with Gasteiger partial charge in [-0.05, 0) is 18.7 Å². The molecule has 1 N–H and O–H groups in total. The molecule has 1 aliphatic heterocycles. The topological polar surface area (TPSA) is 113 Å². The number of benzene rings is 1. The van der Waals surface area contributed by atoms with Crippen LogP contribution in [0.2, 0.25) is 0 Å². The Morgan fingerprint density at radius 2 is 2.21 bits per heavy atom. The summed E-state index contributed by atoms with van der Waals surface area (Å²) >= 11 is 1.26. The van der Waals surface area contributed by atoms with Gasteiger partial charge in [-0.3, -0.25) is 0 Å². The lowest BCUT2D eigenvalue weighted by Gasteiger charge is -2.28.